The SMILES string of the molecule is Cc1ccc(C(CC(=O)O)C2CCCCC2)cc1. The number of aliphatic carboxylic acids is 1. The molecule has 0 saturated heterocycles. The summed E-state index contributed by atoms with van der Waals surface area (Å²) in [5.41, 5.74) is 2.44. The summed E-state index contributed by atoms with van der Waals surface area (Å²) in [4.78, 5) is 11.1. The molecule has 2 rings (SSSR count). The molecule has 1 aliphatic rings. The van der Waals surface area contributed by atoms with E-state index in [4.69, 9.17) is 5.11 Å². The van der Waals surface area contributed by atoms with Crippen molar-refractivity contribution in [3.63, 3.8) is 0 Å². The van der Waals surface area contributed by atoms with E-state index in [1.54, 1.807) is 0 Å². The van der Waals surface area contributed by atoms with Gasteiger partial charge in [0.15, 0.2) is 0 Å². The monoisotopic (exact) mass is 246 g/mol. The molecule has 0 heterocycles. The highest BCUT2D eigenvalue weighted by atomic mass is 16.4. The largest absolute Gasteiger partial charge is 0.481 e. The van der Waals surface area contributed by atoms with E-state index >= 15 is 0 Å². The molecule has 2 nitrogen and oxygen atoms in total. The van der Waals surface area contributed by atoms with Crippen molar-refractivity contribution in [3.05, 3.63) is 35.4 Å². The molecule has 1 aromatic rings. The van der Waals surface area contributed by atoms with Gasteiger partial charge in [-0.15, -0.1) is 0 Å². The summed E-state index contributed by atoms with van der Waals surface area (Å²) < 4.78 is 0. The smallest absolute Gasteiger partial charge is 0.303 e. The molecule has 1 unspecified atom stereocenters. The van der Waals surface area contributed by atoms with Crippen LogP contribution in [0, 0.1) is 12.8 Å². The molecule has 1 aliphatic carbocycles. The first-order valence-corrected chi connectivity index (χ1v) is 6.95. The molecule has 98 valence electrons. The molecule has 1 fully saturated rings. The van der Waals surface area contributed by atoms with Crippen LogP contribution in [0.25, 0.3) is 0 Å². The molecule has 1 aromatic carbocycles. The second-order valence-electron chi connectivity index (χ2n) is 5.51. The third-order valence-electron chi connectivity index (χ3n) is 4.12. The van der Waals surface area contributed by atoms with Gasteiger partial charge in [-0.1, -0.05) is 49.1 Å². The van der Waals surface area contributed by atoms with E-state index in [0.717, 1.165) is 0 Å². The van der Waals surface area contributed by atoms with Crippen molar-refractivity contribution in [2.45, 2.75) is 51.4 Å². The summed E-state index contributed by atoms with van der Waals surface area (Å²) in [5, 5.41) is 9.13. The van der Waals surface area contributed by atoms with E-state index in [9.17, 15) is 4.79 Å². The van der Waals surface area contributed by atoms with Gasteiger partial charge >= 0.3 is 5.97 Å². The number of rotatable bonds is 4. The van der Waals surface area contributed by atoms with Crippen LogP contribution in [0.15, 0.2) is 24.3 Å². The lowest BCUT2D eigenvalue weighted by Crippen LogP contribution is -2.19. The first-order valence-electron chi connectivity index (χ1n) is 6.95. The van der Waals surface area contributed by atoms with E-state index < -0.39 is 5.97 Å². The first kappa shape index (κ1) is 13.1. The molecule has 1 N–H and O–H groups in total. The van der Waals surface area contributed by atoms with E-state index in [2.05, 4.69) is 31.2 Å². The van der Waals surface area contributed by atoms with Crippen LogP contribution in [0.1, 0.15) is 55.6 Å². The summed E-state index contributed by atoms with van der Waals surface area (Å²) in [5.74, 6) is 0.0760. The van der Waals surface area contributed by atoms with Gasteiger partial charge in [-0.2, -0.15) is 0 Å². The maximum Gasteiger partial charge on any atom is 0.303 e. The summed E-state index contributed by atoms with van der Waals surface area (Å²) in [7, 11) is 0. The summed E-state index contributed by atoms with van der Waals surface area (Å²) in [6.45, 7) is 2.07. The minimum Gasteiger partial charge on any atom is -0.481 e. The highest BCUT2D eigenvalue weighted by Crippen LogP contribution is 2.38. The predicted molar refractivity (Wildman–Crippen MR) is 72.7 cm³/mol. The van der Waals surface area contributed by atoms with Crippen LogP contribution >= 0.6 is 0 Å². The Bertz CT molecular complexity index is 388. The molecule has 2 heteroatoms. The standard InChI is InChI=1S/C16H22O2/c1-12-7-9-14(10-8-12)15(11-16(17)18)13-5-3-2-4-6-13/h7-10,13,15H,2-6,11H2,1H3,(H,17,18). The van der Waals surface area contributed by atoms with Crippen molar-refractivity contribution in [3.8, 4) is 0 Å². The highest BCUT2D eigenvalue weighted by Gasteiger charge is 2.26. The maximum atomic E-state index is 11.1. The van der Waals surface area contributed by atoms with Gasteiger partial charge in [-0.3, -0.25) is 4.79 Å². The number of aryl methyl sites for hydroxylation is 1. The molecular formula is C16H22O2. The van der Waals surface area contributed by atoms with Gasteiger partial charge in [0.25, 0.3) is 0 Å². The number of carboxylic acid groups (broad SMARTS) is 1. The van der Waals surface area contributed by atoms with Crippen LogP contribution in [0.4, 0.5) is 0 Å². The number of carboxylic acids is 1. The Labute approximate surface area is 109 Å². The van der Waals surface area contributed by atoms with Gasteiger partial charge in [0.2, 0.25) is 0 Å². The first-order chi connectivity index (χ1) is 8.66. The van der Waals surface area contributed by atoms with Crippen LogP contribution in [0.3, 0.4) is 0 Å². The second kappa shape index (κ2) is 6.03. The average Bonchev–Trinajstić information content (AvgIpc) is 2.38. The van der Waals surface area contributed by atoms with Crippen LogP contribution < -0.4 is 0 Å². The zero-order chi connectivity index (χ0) is 13.0. The minimum atomic E-state index is -0.675. The molecular weight excluding hydrogens is 224 g/mol. The van der Waals surface area contributed by atoms with Crippen molar-refractivity contribution in [1.29, 1.82) is 0 Å². The van der Waals surface area contributed by atoms with Gasteiger partial charge in [0, 0.05) is 0 Å². The fourth-order valence-electron chi connectivity index (χ4n) is 3.09. The van der Waals surface area contributed by atoms with E-state index in [1.165, 1.54) is 43.2 Å². The molecule has 0 amide bonds. The number of hydrogen-bond acceptors (Lipinski definition) is 1. The van der Waals surface area contributed by atoms with Crippen molar-refractivity contribution in [2.75, 3.05) is 0 Å². The fourth-order valence-corrected chi connectivity index (χ4v) is 3.09. The van der Waals surface area contributed by atoms with Crippen LogP contribution in [-0.4, -0.2) is 11.1 Å². The number of carbonyl (C=O) groups is 1. The van der Waals surface area contributed by atoms with Crippen molar-refractivity contribution in [2.24, 2.45) is 5.92 Å². The Kier molecular flexibility index (Phi) is 4.40. The fraction of sp³-hybridized carbons (Fsp3) is 0.562. The van der Waals surface area contributed by atoms with Crippen LogP contribution in [-0.2, 0) is 4.79 Å². The van der Waals surface area contributed by atoms with Gasteiger partial charge in [0.05, 0.1) is 6.42 Å². The second-order valence-corrected chi connectivity index (χ2v) is 5.51. The highest BCUT2D eigenvalue weighted by molar-refractivity contribution is 5.68. The maximum absolute atomic E-state index is 11.1. The Morgan fingerprint density at radius 1 is 1.22 bits per heavy atom. The number of benzene rings is 1. The molecule has 1 saturated carbocycles. The minimum absolute atomic E-state index is 0.198. The normalized spacial score (nSPS) is 18.5. The lowest BCUT2D eigenvalue weighted by molar-refractivity contribution is -0.137. The van der Waals surface area contributed by atoms with Crippen molar-refractivity contribution < 1.29 is 9.90 Å². The molecule has 0 radical (unpaired) electrons. The molecule has 0 bridgehead atoms. The van der Waals surface area contributed by atoms with Gasteiger partial charge in [-0.25, -0.2) is 0 Å². The van der Waals surface area contributed by atoms with Crippen molar-refractivity contribution >= 4 is 5.97 Å². The Balaban J connectivity index is 2.17. The molecule has 1 atom stereocenters. The number of hydrogen-bond donors (Lipinski definition) is 1. The Morgan fingerprint density at radius 3 is 2.39 bits per heavy atom. The third kappa shape index (κ3) is 3.34. The van der Waals surface area contributed by atoms with Crippen molar-refractivity contribution in [1.82, 2.24) is 0 Å². The third-order valence-corrected chi connectivity index (χ3v) is 4.12. The molecule has 0 spiro atoms. The zero-order valence-electron chi connectivity index (χ0n) is 11.1. The lowest BCUT2D eigenvalue weighted by Gasteiger charge is -2.29. The molecule has 0 aliphatic heterocycles. The Hall–Kier alpha value is -1.31. The van der Waals surface area contributed by atoms with Gasteiger partial charge < -0.3 is 5.11 Å². The van der Waals surface area contributed by atoms with Crippen LogP contribution in [0.5, 0.6) is 0 Å². The van der Waals surface area contributed by atoms with E-state index in [1.807, 2.05) is 0 Å². The van der Waals surface area contributed by atoms with E-state index in [-0.39, 0.29) is 12.3 Å². The molecule has 18 heavy (non-hydrogen) atoms. The Morgan fingerprint density at radius 2 is 1.83 bits per heavy atom. The lowest BCUT2D eigenvalue weighted by atomic mass is 9.75. The van der Waals surface area contributed by atoms with Gasteiger partial charge in [0.1, 0.15) is 0 Å². The zero-order valence-corrected chi connectivity index (χ0v) is 11.1. The predicted octanol–water partition coefficient (Wildman–Crippen LogP) is 4.13. The van der Waals surface area contributed by atoms with Crippen LogP contribution in [0.2, 0.25) is 0 Å². The topological polar surface area (TPSA) is 37.3 Å². The quantitative estimate of drug-likeness (QED) is 0.867. The average molecular weight is 246 g/mol. The molecule has 0 aromatic heterocycles. The van der Waals surface area contributed by atoms with Gasteiger partial charge in [-0.05, 0) is 37.2 Å². The summed E-state index contributed by atoms with van der Waals surface area (Å²) in [6, 6.07) is 8.40. The summed E-state index contributed by atoms with van der Waals surface area (Å²) in [6.07, 6.45) is 6.47. The van der Waals surface area contributed by atoms with E-state index in [0.29, 0.717) is 5.92 Å². The summed E-state index contributed by atoms with van der Waals surface area (Å²) >= 11 is 0.